The molecule has 2 heterocycles. The summed E-state index contributed by atoms with van der Waals surface area (Å²) in [6, 6.07) is 6.29. The molecule has 0 unspecified atom stereocenters. The number of aromatic nitrogens is 3. The van der Waals surface area contributed by atoms with Crippen molar-refractivity contribution in [3.8, 4) is 0 Å². The van der Waals surface area contributed by atoms with Gasteiger partial charge < -0.3 is 5.32 Å². The smallest absolute Gasteiger partial charge is 0.252 e. The van der Waals surface area contributed by atoms with Crippen molar-refractivity contribution in [3.63, 3.8) is 0 Å². The van der Waals surface area contributed by atoms with Gasteiger partial charge in [0.05, 0.1) is 0 Å². The Kier molecular flexibility index (Phi) is 4.05. The lowest BCUT2D eigenvalue weighted by Gasteiger charge is -2.15. The van der Waals surface area contributed by atoms with Crippen molar-refractivity contribution in [1.29, 1.82) is 0 Å². The number of hydrogen-bond donors (Lipinski definition) is 1. The summed E-state index contributed by atoms with van der Waals surface area (Å²) in [6.07, 6.45) is 1.70. The second kappa shape index (κ2) is 6.03. The average Bonchev–Trinajstić information content (AvgIpc) is 2.50. The van der Waals surface area contributed by atoms with Crippen LogP contribution in [-0.4, -0.2) is 14.5 Å². The molecule has 0 bridgehead atoms. The molecule has 0 aliphatic carbocycles. The zero-order chi connectivity index (χ0) is 17.4. The molecule has 0 saturated heterocycles. The second-order valence-electron chi connectivity index (χ2n) is 6.15. The Bertz CT molecular complexity index is 979. The molecule has 5 nitrogen and oxygen atoms in total. The Morgan fingerprint density at radius 3 is 2.58 bits per heavy atom. The Balaban J connectivity index is 2.11. The number of hydrogen-bond acceptors (Lipinski definition) is 4. The molecule has 3 rings (SSSR count). The molecule has 2 aromatic heterocycles. The van der Waals surface area contributed by atoms with Gasteiger partial charge in [-0.25, -0.2) is 9.37 Å². The maximum atomic E-state index is 13.4. The minimum absolute atomic E-state index is 0.0172. The lowest BCUT2D eigenvalue weighted by molar-refractivity contribution is 0.594. The van der Waals surface area contributed by atoms with Gasteiger partial charge in [-0.15, -0.1) is 0 Å². The van der Waals surface area contributed by atoms with Gasteiger partial charge in [0.15, 0.2) is 0 Å². The third kappa shape index (κ3) is 2.87. The molecule has 3 aromatic rings. The molecule has 0 radical (unpaired) electrons. The topological polar surface area (TPSA) is 59.8 Å². The minimum Gasteiger partial charge on any atom is -0.324 e. The van der Waals surface area contributed by atoms with Crippen LogP contribution in [0.15, 0.2) is 35.3 Å². The highest BCUT2D eigenvalue weighted by Crippen LogP contribution is 2.21. The van der Waals surface area contributed by atoms with E-state index in [9.17, 15) is 9.18 Å². The van der Waals surface area contributed by atoms with Crippen molar-refractivity contribution >= 4 is 22.7 Å². The molecule has 0 atom stereocenters. The first-order valence-electron chi connectivity index (χ1n) is 7.79. The van der Waals surface area contributed by atoms with E-state index in [1.165, 1.54) is 6.07 Å². The van der Waals surface area contributed by atoms with E-state index < -0.39 is 0 Å². The molecular weight excluding hydrogens is 307 g/mol. The van der Waals surface area contributed by atoms with E-state index in [4.69, 9.17) is 0 Å². The molecule has 0 aliphatic heterocycles. The Hall–Kier alpha value is -2.76. The summed E-state index contributed by atoms with van der Waals surface area (Å²) in [5, 5.41) is 3.90. The third-order valence-corrected chi connectivity index (χ3v) is 3.93. The Morgan fingerprint density at radius 1 is 1.17 bits per heavy atom. The standard InChI is InChI=1S/C18H19FN4O/c1-10(2)23-16(24)8-11(3)14-9-20-18(22-17(14)23)21-13-5-6-15(19)12(4)7-13/h5-10H,1-4H3,(H,20,21,22). The van der Waals surface area contributed by atoms with Gasteiger partial charge in [0.25, 0.3) is 5.56 Å². The van der Waals surface area contributed by atoms with E-state index >= 15 is 0 Å². The van der Waals surface area contributed by atoms with E-state index in [0.717, 1.165) is 10.9 Å². The number of anilines is 2. The summed E-state index contributed by atoms with van der Waals surface area (Å²) in [4.78, 5) is 21.1. The molecule has 6 heteroatoms. The van der Waals surface area contributed by atoms with Gasteiger partial charge in [-0.3, -0.25) is 9.36 Å². The van der Waals surface area contributed by atoms with E-state index in [-0.39, 0.29) is 17.4 Å². The molecule has 0 fully saturated rings. The molecular formula is C18H19FN4O. The first kappa shape index (κ1) is 16.1. The van der Waals surface area contributed by atoms with Crippen molar-refractivity contribution in [1.82, 2.24) is 14.5 Å². The predicted octanol–water partition coefficient (Wildman–Crippen LogP) is 3.87. The second-order valence-corrected chi connectivity index (χ2v) is 6.15. The number of nitrogens with zero attached hydrogens (tertiary/aromatic N) is 3. The number of fused-ring (bicyclic) bond motifs is 1. The van der Waals surface area contributed by atoms with Crippen molar-refractivity contribution in [2.75, 3.05) is 5.32 Å². The summed E-state index contributed by atoms with van der Waals surface area (Å²) < 4.78 is 15.0. The van der Waals surface area contributed by atoms with Crippen molar-refractivity contribution in [2.45, 2.75) is 33.7 Å². The predicted molar refractivity (Wildman–Crippen MR) is 93.3 cm³/mol. The van der Waals surface area contributed by atoms with Crippen LogP contribution in [0.25, 0.3) is 11.0 Å². The minimum atomic E-state index is -0.260. The highest BCUT2D eigenvalue weighted by molar-refractivity contribution is 5.79. The molecule has 0 amide bonds. The first-order valence-corrected chi connectivity index (χ1v) is 7.79. The number of halogens is 1. The fraction of sp³-hybridized carbons (Fsp3) is 0.278. The lowest BCUT2D eigenvalue weighted by atomic mass is 10.2. The highest BCUT2D eigenvalue weighted by atomic mass is 19.1. The third-order valence-electron chi connectivity index (χ3n) is 3.93. The summed E-state index contributed by atoms with van der Waals surface area (Å²) in [5.41, 5.74) is 2.58. The summed E-state index contributed by atoms with van der Waals surface area (Å²) >= 11 is 0. The first-order chi connectivity index (χ1) is 11.4. The molecule has 0 saturated carbocycles. The normalized spacial score (nSPS) is 11.2. The van der Waals surface area contributed by atoms with E-state index in [1.807, 2.05) is 20.8 Å². The molecule has 0 spiro atoms. The molecule has 24 heavy (non-hydrogen) atoms. The van der Waals surface area contributed by atoms with E-state index in [2.05, 4.69) is 15.3 Å². The van der Waals surface area contributed by atoms with Gasteiger partial charge in [-0.2, -0.15) is 4.98 Å². The van der Waals surface area contributed by atoms with Crippen LogP contribution in [0.3, 0.4) is 0 Å². The quantitative estimate of drug-likeness (QED) is 0.794. The number of pyridine rings is 1. The summed E-state index contributed by atoms with van der Waals surface area (Å²) in [7, 11) is 0. The van der Waals surface area contributed by atoms with Gasteiger partial charge in [0, 0.05) is 29.4 Å². The summed E-state index contributed by atoms with van der Waals surface area (Å²) in [6.45, 7) is 7.44. The number of aryl methyl sites for hydroxylation is 2. The molecule has 0 aliphatic rings. The Labute approximate surface area is 139 Å². The molecule has 1 N–H and O–H groups in total. The SMILES string of the molecule is Cc1cc(Nc2ncc3c(C)cc(=O)n(C(C)C)c3n2)ccc1F. The van der Waals surface area contributed by atoms with Crippen LogP contribution in [0.2, 0.25) is 0 Å². The van der Waals surface area contributed by atoms with Gasteiger partial charge in [0.2, 0.25) is 5.95 Å². The van der Waals surface area contributed by atoms with Crippen LogP contribution in [-0.2, 0) is 0 Å². The van der Waals surface area contributed by atoms with Gasteiger partial charge in [-0.05, 0) is 57.0 Å². The molecule has 124 valence electrons. The summed E-state index contributed by atoms with van der Waals surface area (Å²) in [5.74, 6) is 0.108. The van der Waals surface area contributed by atoms with Crippen molar-refractivity contribution in [2.24, 2.45) is 0 Å². The van der Waals surface area contributed by atoms with E-state index in [0.29, 0.717) is 22.8 Å². The van der Waals surface area contributed by atoms with Gasteiger partial charge >= 0.3 is 0 Å². The van der Waals surface area contributed by atoms with E-state index in [1.54, 1.807) is 35.9 Å². The van der Waals surface area contributed by atoms with Crippen LogP contribution in [0.4, 0.5) is 16.0 Å². The van der Waals surface area contributed by atoms with Crippen LogP contribution in [0, 0.1) is 19.7 Å². The fourth-order valence-corrected chi connectivity index (χ4v) is 2.68. The lowest BCUT2D eigenvalue weighted by Crippen LogP contribution is -2.23. The van der Waals surface area contributed by atoms with Crippen molar-refractivity contribution in [3.05, 3.63) is 57.8 Å². The number of nitrogens with one attached hydrogen (secondary N) is 1. The van der Waals surface area contributed by atoms with Gasteiger partial charge in [-0.1, -0.05) is 0 Å². The van der Waals surface area contributed by atoms with Crippen LogP contribution >= 0.6 is 0 Å². The molecule has 1 aromatic carbocycles. The van der Waals surface area contributed by atoms with Gasteiger partial charge in [0.1, 0.15) is 11.5 Å². The largest absolute Gasteiger partial charge is 0.324 e. The highest BCUT2D eigenvalue weighted by Gasteiger charge is 2.12. The maximum absolute atomic E-state index is 13.4. The van der Waals surface area contributed by atoms with Crippen molar-refractivity contribution < 1.29 is 4.39 Å². The van der Waals surface area contributed by atoms with Crippen LogP contribution in [0.5, 0.6) is 0 Å². The maximum Gasteiger partial charge on any atom is 0.252 e. The zero-order valence-corrected chi connectivity index (χ0v) is 14.1. The monoisotopic (exact) mass is 326 g/mol. The number of rotatable bonds is 3. The Morgan fingerprint density at radius 2 is 1.92 bits per heavy atom. The average molecular weight is 326 g/mol. The van der Waals surface area contributed by atoms with Crippen LogP contribution < -0.4 is 10.9 Å². The number of benzene rings is 1. The fourth-order valence-electron chi connectivity index (χ4n) is 2.68. The zero-order valence-electron chi connectivity index (χ0n) is 14.1. The van der Waals surface area contributed by atoms with Crippen LogP contribution in [0.1, 0.15) is 31.0 Å².